The summed E-state index contributed by atoms with van der Waals surface area (Å²) in [5.74, 6) is 0. The summed E-state index contributed by atoms with van der Waals surface area (Å²) in [6.07, 6.45) is 4.80. The molecule has 0 aliphatic carbocycles. The van der Waals surface area contributed by atoms with E-state index in [1.165, 1.54) is 19.5 Å². The van der Waals surface area contributed by atoms with Crippen molar-refractivity contribution in [3.8, 4) is 0 Å². The van der Waals surface area contributed by atoms with Gasteiger partial charge >= 0.3 is 0 Å². The first kappa shape index (κ1) is 11.6. The van der Waals surface area contributed by atoms with Crippen LogP contribution in [0.3, 0.4) is 0 Å². The molecule has 0 bridgehead atoms. The Morgan fingerprint density at radius 1 is 1.41 bits per heavy atom. The number of nitrogens with one attached hydrogen (secondary N) is 1. The summed E-state index contributed by atoms with van der Waals surface area (Å²) >= 11 is 1.69. The molecule has 2 aliphatic rings. The van der Waals surface area contributed by atoms with E-state index in [9.17, 15) is 5.11 Å². The molecule has 3 heterocycles. The van der Waals surface area contributed by atoms with Gasteiger partial charge in [-0.1, -0.05) is 0 Å². The zero-order valence-corrected chi connectivity index (χ0v) is 10.8. The molecule has 5 heteroatoms. The first-order valence-electron chi connectivity index (χ1n) is 6.37. The summed E-state index contributed by atoms with van der Waals surface area (Å²) in [6.45, 7) is 5.15. The summed E-state index contributed by atoms with van der Waals surface area (Å²) in [7, 11) is 0. The van der Waals surface area contributed by atoms with E-state index < -0.39 is 5.60 Å². The van der Waals surface area contributed by atoms with Crippen LogP contribution in [0.5, 0.6) is 0 Å². The van der Waals surface area contributed by atoms with Gasteiger partial charge in [0.25, 0.3) is 0 Å². The van der Waals surface area contributed by atoms with E-state index >= 15 is 0 Å². The normalized spacial score (nSPS) is 24.5. The number of hydrogen-bond acceptors (Lipinski definition) is 5. The van der Waals surface area contributed by atoms with E-state index in [0.717, 1.165) is 42.4 Å². The van der Waals surface area contributed by atoms with Crippen LogP contribution in [0.25, 0.3) is 0 Å². The molecule has 3 rings (SSSR count). The molecule has 2 aliphatic heterocycles. The Balaban J connectivity index is 1.69. The largest absolute Gasteiger partial charge is 0.384 e. The number of hydrogen-bond donors (Lipinski definition) is 2. The van der Waals surface area contributed by atoms with Crippen molar-refractivity contribution >= 4 is 11.3 Å². The molecule has 1 aromatic heterocycles. The smallest absolute Gasteiger partial charge is 0.107 e. The van der Waals surface area contributed by atoms with Crippen molar-refractivity contribution in [1.82, 2.24) is 15.2 Å². The van der Waals surface area contributed by atoms with Gasteiger partial charge in [0, 0.05) is 6.20 Å². The number of aromatic nitrogens is 1. The summed E-state index contributed by atoms with van der Waals surface area (Å²) in [4.78, 5) is 7.90. The third kappa shape index (κ3) is 2.38. The first-order chi connectivity index (χ1) is 8.26. The minimum atomic E-state index is -0.629. The molecule has 0 saturated carbocycles. The second-order valence-electron chi connectivity index (χ2n) is 5.03. The molecule has 0 aromatic carbocycles. The third-order valence-electron chi connectivity index (χ3n) is 3.75. The number of thiazole rings is 1. The highest BCUT2D eigenvalue weighted by atomic mass is 32.1. The molecule has 0 unspecified atom stereocenters. The van der Waals surface area contributed by atoms with Crippen molar-refractivity contribution < 1.29 is 5.11 Å². The second kappa shape index (κ2) is 4.65. The standard InChI is InChI=1S/C12H19N3OS/c16-12(2-4-13-5-3-12)10-8-14-11(17-10)9-15-6-1-7-15/h8,13,16H,1-7,9H2. The molecule has 4 nitrogen and oxygen atoms in total. The fourth-order valence-corrected chi connectivity index (χ4v) is 3.52. The van der Waals surface area contributed by atoms with Crippen molar-refractivity contribution in [3.63, 3.8) is 0 Å². The van der Waals surface area contributed by atoms with Crippen LogP contribution in [0.15, 0.2) is 6.20 Å². The third-order valence-corrected chi connectivity index (χ3v) is 4.93. The van der Waals surface area contributed by atoms with Gasteiger partial charge in [-0.15, -0.1) is 11.3 Å². The SMILES string of the molecule is OC1(c2cnc(CN3CCC3)s2)CCNCC1. The van der Waals surface area contributed by atoms with Crippen LogP contribution < -0.4 is 5.32 Å². The molecule has 94 valence electrons. The molecule has 0 amide bonds. The summed E-state index contributed by atoms with van der Waals surface area (Å²) in [6, 6.07) is 0. The van der Waals surface area contributed by atoms with Gasteiger partial charge in [0.1, 0.15) is 10.6 Å². The Morgan fingerprint density at radius 2 is 2.18 bits per heavy atom. The molecular formula is C12H19N3OS. The van der Waals surface area contributed by atoms with Gasteiger partial charge in [-0.3, -0.25) is 4.90 Å². The van der Waals surface area contributed by atoms with Crippen LogP contribution in [0.4, 0.5) is 0 Å². The Hall–Kier alpha value is -0.490. The van der Waals surface area contributed by atoms with Crippen molar-refractivity contribution in [1.29, 1.82) is 0 Å². The molecule has 0 spiro atoms. The topological polar surface area (TPSA) is 48.4 Å². The van der Waals surface area contributed by atoms with E-state index in [1.807, 2.05) is 6.20 Å². The van der Waals surface area contributed by atoms with E-state index in [4.69, 9.17) is 0 Å². The first-order valence-corrected chi connectivity index (χ1v) is 7.19. The van der Waals surface area contributed by atoms with Crippen molar-refractivity contribution in [2.75, 3.05) is 26.2 Å². The fraction of sp³-hybridized carbons (Fsp3) is 0.750. The zero-order valence-electron chi connectivity index (χ0n) is 9.98. The van der Waals surface area contributed by atoms with Gasteiger partial charge < -0.3 is 10.4 Å². The van der Waals surface area contributed by atoms with Crippen LogP contribution >= 0.6 is 11.3 Å². The van der Waals surface area contributed by atoms with Crippen molar-refractivity contribution in [3.05, 3.63) is 16.1 Å². The number of aliphatic hydroxyl groups is 1. The summed E-state index contributed by atoms with van der Waals surface area (Å²) in [5, 5.41) is 15.0. The minimum Gasteiger partial charge on any atom is -0.384 e. The van der Waals surface area contributed by atoms with Gasteiger partial charge in [-0.25, -0.2) is 4.98 Å². The van der Waals surface area contributed by atoms with Crippen molar-refractivity contribution in [2.45, 2.75) is 31.4 Å². The lowest BCUT2D eigenvalue weighted by Crippen LogP contribution is -2.39. The van der Waals surface area contributed by atoms with Crippen LogP contribution in [-0.2, 0) is 12.1 Å². The number of rotatable bonds is 3. The lowest BCUT2D eigenvalue weighted by atomic mass is 9.91. The maximum Gasteiger partial charge on any atom is 0.107 e. The Morgan fingerprint density at radius 3 is 2.82 bits per heavy atom. The zero-order chi connectivity index (χ0) is 11.7. The van der Waals surface area contributed by atoms with Crippen LogP contribution in [0.1, 0.15) is 29.1 Å². The quantitative estimate of drug-likeness (QED) is 0.841. The molecule has 2 fully saturated rings. The van der Waals surface area contributed by atoms with Gasteiger partial charge in [0.2, 0.25) is 0 Å². The number of nitrogens with zero attached hydrogens (tertiary/aromatic N) is 2. The Bertz CT molecular complexity index is 383. The molecule has 2 N–H and O–H groups in total. The minimum absolute atomic E-state index is 0.629. The van der Waals surface area contributed by atoms with E-state index in [1.54, 1.807) is 11.3 Å². The van der Waals surface area contributed by atoms with E-state index in [0.29, 0.717) is 0 Å². The predicted molar refractivity (Wildman–Crippen MR) is 68.0 cm³/mol. The fourth-order valence-electron chi connectivity index (χ4n) is 2.42. The highest BCUT2D eigenvalue weighted by Gasteiger charge is 2.33. The molecule has 1 aromatic rings. The maximum atomic E-state index is 10.6. The van der Waals surface area contributed by atoms with E-state index in [-0.39, 0.29) is 0 Å². The lowest BCUT2D eigenvalue weighted by molar-refractivity contribution is 0.00925. The van der Waals surface area contributed by atoms with Crippen LogP contribution in [0.2, 0.25) is 0 Å². The Kier molecular flexibility index (Phi) is 3.17. The molecule has 0 radical (unpaired) electrons. The predicted octanol–water partition coefficient (Wildman–Crippen LogP) is 0.920. The second-order valence-corrected chi connectivity index (χ2v) is 6.14. The summed E-state index contributed by atoms with van der Waals surface area (Å²) in [5.41, 5.74) is -0.629. The van der Waals surface area contributed by atoms with Crippen LogP contribution in [0, 0.1) is 0 Å². The average Bonchev–Trinajstić information content (AvgIpc) is 2.74. The monoisotopic (exact) mass is 253 g/mol. The van der Waals surface area contributed by atoms with Gasteiger partial charge in [-0.2, -0.15) is 0 Å². The molecule has 17 heavy (non-hydrogen) atoms. The molecule has 0 atom stereocenters. The average molecular weight is 253 g/mol. The highest BCUT2D eigenvalue weighted by Crippen LogP contribution is 2.34. The van der Waals surface area contributed by atoms with Gasteiger partial charge in [0.15, 0.2) is 0 Å². The maximum absolute atomic E-state index is 10.6. The Labute approximate surface area is 106 Å². The number of likely N-dealkylation sites (tertiary alicyclic amines) is 1. The lowest BCUT2D eigenvalue weighted by Gasteiger charge is -2.31. The van der Waals surface area contributed by atoms with Gasteiger partial charge in [-0.05, 0) is 45.4 Å². The van der Waals surface area contributed by atoms with Crippen LogP contribution in [-0.4, -0.2) is 41.2 Å². The highest BCUT2D eigenvalue weighted by molar-refractivity contribution is 7.11. The van der Waals surface area contributed by atoms with Crippen molar-refractivity contribution in [2.24, 2.45) is 0 Å². The van der Waals surface area contributed by atoms with Gasteiger partial charge in [0.05, 0.1) is 11.4 Å². The molecular weight excluding hydrogens is 234 g/mol. The van der Waals surface area contributed by atoms with E-state index in [2.05, 4.69) is 15.2 Å². The number of piperidine rings is 1. The molecule has 2 saturated heterocycles. The summed E-state index contributed by atoms with van der Waals surface area (Å²) < 4.78 is 0.